The molecular formula is C15H21BrFNO. The average molecular weight is 330 g/mol. The van der Waals surface area contributed by atoms with E-state index in [2.05, 4.69) is 29.8 Å². The van der Waals surface area contributed by atoms with Crippen molar-refractivity contribution in [3.8, 4) is 0 Å². The highest BCUT2D eigenvalue weighted by molar-refractivity contribution is 9.10. The summed E-state index contributed by atoms with van der Waals surface area (Å²) in [6.07, 6.45) is 2.31. The number of hydrogen-bond donors (Lipinski definition) is 1. The Balaban J connectivity index is 2.54. The molecule has 1 aromatic rings. The van der Waals surface area contributed by atoms with Crippen molar-refractivity contribution in [2.75, 3.05) is 6.54 Å². The van der Waals surface area contributed by atoms with Gasteiger partial charge in [0.25, 0.3) is 0 Å². The molecule has 0 unspecified atom stereocenters. The van der Waals surface area contributed by atoms with Gasteiger partial charge in [-0.2, -0.15) is 0 Å². The van der Waals surface area contributed by atoms with E-state index in [9.17, 15) is 9.18 Å². The molecule has 0 amide bonds. The normalized spacial score (nSPS) is 11.6. The van der Waals surface area contributed by atoms with E-state index in [-0.39, 0.29) is 23.4 Å². The van der Waals surface area contributed by atoms with E-state index in [4.69, 9.17) is 5.73 Å². The van der Waals surface area contributed by atoms with Crippen LogP contribution in [0.4, 0.5) is 4.39 Å². The maximum absolute atomic E-state index is 13.5. The van der Waals surface area contributed by atoms with Gasteiger partial charge in [-0.3, -0.25) is 4.79 Å². The Bertz CT molecular complexity index is 446. The fourth-order valence-corrected chi connectivity index (χ4v) is 2.38. The fourth-order valence-electron chi connectivity index (χ4n) is 1.97. The summed E-state index contributed by atoms with van der Waals surface area (Å²) in [4.78, 5) is 11.9. The van der Waals surface area contributed by atoms with Crippen LogP contribution in [0.1, 0.15) is 38.7 Å². The highest BCUT2D eigenvalue weighted by Gasteiger charge is 2.18. The number of nitrogens with two attached hydrogens (primary N) is 1. The minimum Gasteiger partial charge on any atom is -0.330 e. The highest BCUT2D eigenvalue weighted by atomic mass is 79.9. The Labute approximate surface area is 122 Å². The van der Waals surface area contributed by atoms with Gasteiger partial charge in [-0.25, -0.2) is 4.39 Å². The number of carbonyl (C=O) groups is 1. The number of benzene rings is 1. The molecule has 0 aromatic heterocycles. The molecule has 0 saturated carbocycles. The highest BCUT2D eigenvalue weighted by Crippen LogP contribution is 2.26. The zero-order valence-corrected chi connectivity index (χ0v) is 13.1. The molecule has 2 N–H and O–H groups in total. The molecule has 0 aliphatic heterocycles. The van der Waals surface area contributed by atoms with Gasteiger partial charge in [-0.05, 0) is 48.6 Å². The first-order valence-corrected chi connectivity index (χ1v) is 7.29. The van der Waals surface area contributed by atoms with Crippen molar-refractivity contribution < 1.29 is 9.18 Å². The molecule has 0 saturated heterocycles. The summed E-state index contributed by atoms with van der Waals surface area (Å²) in [5.74, 6) is -0.250. The summed E-state index contributed by atoms with van der Waals surface area (Å²) in [7, 11) is 0. The molecule has 2 nitrogen and oxygen atoms in total. The first kappa shape index (κ1) is 16.3. The van der Waals surface area contributed by atoms with Gasteiger partial charge in [0, 0.05) is 17.3 Å². The van der Waals surface area contributed by atoms with Crippen LogP contribution in [0.15, 0.2) is 22.7 Å². The van der Waals surface area contributed by atoms with Crippen molar-refractivity contribution >= 4 is 21.7 Å². The topological polar surface area (TPSA) is 43.1 Å². The van der Waals surface area contributed by atoms with E-state index in [0.29, 0.717) is 18.5 Å². The minimum atomic E-state index is -0.322. The smallest absolute Gasteiger partial charge is 0.137 e. The van der Waals surface area contributed by atoms with Gasteiger partial charge in [0.2, 0.25) is 0 Å². The second-order valence-corrected chi connectivity index (χ2v) is 6.57. The molecule has 0 fully saturated rings. The van der Waals surface area contributed by atoms with Crippen molar-refractivity contribution in [1.82, 2.24) is 0 Å². The van der Waals surface area contributed by atoms with Crippen LogP contribution in [0.5, 0.6) is 0 Å². The summed E-state index contributed by atoms with van der Waals surface area (Å²) in [5, 5.41) is 0. The molecule has 19 heavy (non-hydrogen) atoms. The summed E-state index contributed by atoms with van der Waals surface area (Å²) in [6, 6.07) is 4.68. The third-order valence-corrected chi connectivity index (χ3v) is 3.79. The molecule has 4 heteroatoms. The van der Waals surface area contributed by atoms with Crippen LogP contribution in [0.3, 0.4) is 0 Å². The van der Waals surface area contributed by atoms with Crippen LogP contribution in [0.25, 0.3) is 0 Å². The predicted molar refractivity (Wildman–Crippen MR) is 79.5 cm³/mol. The van der Waals surface area contributed by atoms with E-state index in [1.807, 2.05) is 0 Å². The van der Waals surface area contributed by atoms with E-state index in [0.717, 1.165) is 17.3 Å². The molecular weight excluding hydrogens is 309 g/mol. The summed E-state index contributed by atoms with van der Waals surface area (Å²) >= 11 is 3.29. The van der Waals surface area contributed by atoms with Crippen molar-refractivity contribution in [2.45, 2.75) is 39.5 Å². The van der Waals surface area contributed by atoms with Crippen molar-refractivity contribution in [2.24, 2.45) is 11.1 Å². The first-order chi connectivity index (χ1) is 8.84. The van der Waals surface area contributed by atoms with Crippen LogP contribution in [-0.4, -0.2) is 12.3 Å². The van der Waals surface area contributed by atoms with E-state index < -0.39 is 0 Å². The molecule has 0 atom stereocenters. The van der Waals surface area contributed by atoms with Gasteiger partial charge < -0.3 is 5.73 Å². The van der Waals surface area contributed by atoms with Crippen LogP contribution in [0.2, 0.25) is 0 Å². The largest absolute Gasteiger partial charge is 0.330 e. The standard InChI is InChI=1S/C15H21BrFNO/c1-15(2,7-8-18)6-5-13(19)10-11-9-12(16)3-4-14(11)17/h3-4,9H,5-8,10,18H2,1-2H3. The Morgan fingerprint density at radius 2 is 2.05 bits per heavy atom. The lowest BCUT2D eigenvalue weighted by molar-refractivity contribution is -0.119. The Morgan fingerprint density at radius 3 is 2.68 bits per heavy atom. The zero-order chi connectivity index (χ0) is 14.5. The summed E-state index contributed by atoms with van der Waals surface area (Å²) < 4.78 is 14.3. The van der Waals surface area contributed by atoms with Gasteiger partial charge >= 0.3 is 0 Å². The fraction of sp³-hybridized carbons (Fsp3) is 0.533. The van der Waals surface area contributed by atoms with Crippen LogP contribution in [-0.2, 0) is 11.2 Å². The average Bonchev–Trinajstić information content (AvgIpc) is 2.31. The molecule has 0 bridgehead atoms. The third kappa shape index (κ3) is 5.83. The molecule has 1 rings (SSSR count). The van der Waals surface area contributed by atoms with Crippen molar-refractivity contribution in [3.63, 3.8) is 0 Å². The Hall–Kier alpha value is -0.740. The molecule has 0 aliphatic carbocycles. The summed E-state index contributed by atoms with van der Waals surface area (Å²) in [6.45, 7) is 4.83. The molecule has 0 spiro atoms. The molecule has 0 radical (unpaired) electrons. The number of ketones is 1. The van der Waals surface area contributed by atoms with Crippen LogP contribution >= 0.6 is 15.9 Å². The van der Waals surface area contributed by atoms with E-state index in [1.54, 1.807) is 12.1 Å². The lowest BCUT2D eigenvalue weighted by Gasteiger charge is -2.23. The number of carbonyl (C=O) groups excluding carboxylic acids is 1. The summed E-state index contributed by atoms with van der Waals surface area (Å²) in [5.41, 5.74) is 6.07. The number of hydrogen-bond acceptors (Lipinski definition) is 2. The van der Waals surface area contributed by atoms with Gasteiger partial charge in [-0.1, -0.05) is 29.8 Å². The maximum Gasteiger partial charge on any atom is 0.137 e. The minimum absolute atomic E-state index is 0.0697. The van der Waals surface area contributed by atoms with Gasteiger partial charge in [0.05, 0.1) is 0 Å². The molecule has 106 valence electrons. The first-order valence-electron chi connectivity index (χ1n) is 6.50. The lowest BCUT2D eigenvalue weighted by atomic mass is 9.83. The monoisotopic (exact) mass is 329 g/mol. The van der Waals surface area contributed by atoms with Gasteiger partial charge in [0.1, 0.15) is 11.6 Å². The maximum atomic E-state index is 13.5. The van der Waals surface area contributed by atoms with Crippen LogP contribution in [0, 0.1) is 11.2 Å². The van der Waals surface area contributed by atoms with Gasteiger partial charge in [-0.15, -0.1) is 0 Å². The SMILES string of the molecule is CC(C)(CCN)CCC(=O)Cc1cc(Br)ccc1F. The predicted octanol–water partition coefficient (Wildman–Crippen LogP) is 3.86. The third-order valence-electron chi connectivity index (χ3n) is 3.30. The number of halogens is 2. The lowest BCUT2D eigenvalue weighted by Crippen LogP contribution is -2.19. The number of Topliss-reactive ketones (excluding diaryl/α,β-unsaturated/α-hetero) is 1. The molecule has 1 aromatic carbocycles. The quantitative estimate of drug-likeness (QED) is 0.825. The van der Waals surface area contributed by atoms with Crippen LogP contribution < -0.4 is 5.73 Å². The van der Waals surface area contributed by atoms with Crippen molar-refractivity contribution in [1.29, 1.82) is 0 Å². The van der Waals surface area contributed by atoms with E-state index >= 15 is 0 Å². The zero-order valence-electron chi connectivity index (χ0n) is 11.5. The van der Waals surface area contributed by atoms with Crippen molar-refractivity contribution in [3.05, 3.63) is 34.1 Å². The Kier molecular flexibility index (Phi) is 6.14. The second-order valence-electron chi connectivity index (χ2n) is 5.65. The van der Waals surface area contributed by atoms with E-state index in [1.165, 1.54) is 6.07 Å². The van der Waals surface area contributed by atoms with Gasteiger partial charge in [0.15, 0.2) is 0 Å². The number of rotatable bonds is 7. The Morgan fingerprint density at radius 1 is 1.37 bits per heavy atom. The molecule has 0 heterocycles. The second kappa shape index (κ2) is 7.15. The molecule has 0 aliphatic rings.